The highest BCUT2D eigenvalue weighted by Gasteiger charge is 2.33. The molecule has 0 amide bonds. The zero-order valence-corrected chi connectivity index (χ0v) is 11.0. The second-order valence-electron chi connectivity index (χ2n) is 5.81. The van der Waals surface area contributed by atoms with E-state index >= 15 is 0 Å². The van der Waals surface area contributed by atoms with E-state index in [9.17, 15) is 9.18 Å². The summed E-state index contributed by atoms with van der Waals surface area (Å²) in [5, 5.41) is 0. The molecule has 3 nitrogen and oxygen atoms in total. The molecule has 0 radical (unpaired) electrons. The Morgan fingerprint density at radius 3 is 2.84 bits per heavy atom. The summed E-state index contributed by atoms with van der Waals surface area (Å²) in [6.45, 7) is 4.13. The maximum Gasteiger partial charge on any atom is 0.165 e. The first-order chi connectivity index (χ1) is 8.98. The van der Waals surface area contributed by atoms with Crippen LogP contribution in [-0.4, -0.2) is 15.3 Å². The average molecular weight is 258 g/mol. The normalized spacial score (nSPS) is 17.3. The quantitative estimate of drug-likeness (QED) is 0.787. The standard InChI is InChI=1S/C15H15FN2O/c1-15(2)7-13-10(14(19)8-15)4-6-18(13)12-3-5-17-9-11(12)16/h3-6,9H,7-8H2,1-2H3. The first-order valence-electron chi connectivity index (χ1n) is 6.31. The van der Waals surface area contributed by atoms with Gasteiger partial charge in [0, 0.05) is 30.1 Å². The van der Waals surface area contributed by atoms with Crippen LogP contribution in [0.15, 0.2) is 30.7 Å². The zero-order valence-electron chi connectivity index (χ0n) is 11.0. The molecule has 98 valence electrons. The van der Waals surface area contributed by atoms with Crippen molar-refractivity contribution in [1.29, 1.82) is 0 Å². The van der Waals surface area contributed by atoms with Gasteiger partial charge in [-0.1, -0.05) is 13.8 Å². The molecule has 3 rings (SSSR count). The molecule has 0 saturated heterocycles. The van der Waals surface area contributed by atoms with Gasteiger partial charge in [-0.25, -0.2) is 4.39 Å². The van der Waals surface area contributed by atoms with Crippen molar-refractivity contribution in [1.82, 2.24) is 9.55 Å². The Hall–Kier alpha value is -1.97. The van der Waals surface area contributed by atoms with Crippen LogP contribution in [0.2, 0.25) is 0 Å². The van der Waals surface area contributed by atoms with Crippen molar-refractivity contribution in [2.45, 2.75) is 26.7 Å². The van der Waals surface area contributed by atoms with Gasteiger partial charge in [-0.2, -0.15) is 0 Å². The van der Waals surface area contributed by atoms with Crippen LogP contribution in [0.1, 0.15) is 36.3 Å². The van der Waals surface area contributed by atoms with Crippen LogP contribution in [0.4, 0.5) is 4.39 Å². The summed E-state index contributed by atoms with van der Waals surface area (Å²) in [6, 6.07) is 3.41. The molecule has 19 heavy (non-hydrogen) atoms. The highest BCUT2D eigenvalue weighted by atomic mass is 19.1. The van der Waals surface area contributed by atoms with Gasteiger partial charge in [0.05, 0.1) is 11.9 Å². The summed E-state index contributed by atoms with van der Waals surface area (Å²) >= 11 is 0. The fourth-order valence-electron chi connectivity index (χ4n) is 2.73. The number of fused-ring (bicyclic) bond motifs is 1. The number of hydrogen-bond acceptors (Lipinski definition) is 2. The molecular formula is C15H15FN2O. The van der Waals surface area contributed by atoms with Gasteiger partial charge in [-0.05, 0) is 24.0 Å². The SMILES string of the molecule is CC1(C)CC(=O)c2ccn(-c3ccncc3F)c2C1. The van der Waals surface area contributed by atoms with Crippen LogP contribution < -0.4 is 0 Å². The van der Waals surface area contributed by atoms with Gasteiger partial charge < -0.3 is 4.57 Å². The minimum absolute atomic E-state index is 0.0797. The Kier molecular flexibility index (Phi) is 2.55. The number of carbonyl (C=O) groups is 1. The molecule has 1 aliphatic carbocycles. The number of pyridine rings is 1. The monoisotopic (exact) mass is 258 g/mol. The molecule has 0 fully saturated rings. The maximum atomic E-state index is 13.8. The Bertz CT molecular complexity index is 658. The molecule has 0 bridgehead atoms. The molecule has 0 unspecified atom stereocenters. The van der Waals surface area contributed by atoms with Crippen LogP contribution >= 0.6 is 0 Å². The molecule has 1 aliphatic rings. The summed E-state index contributed by atoms with van der Waals surface area (Å²) in [5.41, 5.74) is 1.98. The van der Waals surface area contributed by atoms with E-state index in [1.807, 2.05) is 0 Å². The van der Waals surface area contributed by atoms with Crippen LogP contribution in [-0.2, 0) is 6.42 Å². The average Bonchev–Trinajstić information content (AvgIpc) is 2.72. The first kappa shape index (κ1) is 12.1. The van der Waals surface area contributed by atoms with Crippen molar-refractivity contribution < 1.29 is 9.18 Å². The summed E-state index contributed by atoms with van der Waals surface area (Å²) in [4.78, 5) is 15.9. The van der Waals surface area contributed by atoms with Gasteiger partial charge in [-0.3, -0.25) is 9.78 Å². The highest BCUT2D eigenvalue weighted by molar-refractivity contribution is 5.99. The van der Waals surface area contributed by atoms with Crippen molar-refractivity contribution in [3.05, 3.63) is 47.8 Å². The molecule has 0 saturated carbocycles. The lowest BCUT2D eigenvalue weighted by atomic mass is 9.76. The number of rotatable bonds is 1. The number of nitrogens with zero attached hydrogens (tertiary/aromatic N) is 2. The largest absolute Gasteiger partial charge is 0.317 e. The second kappa shape index (κ2) is 4.02. The van der Waals surface area contributed by atoms with Gasteiger partial charge >= 0.3 is 0 Å². The van der Waals surface area contributed by atoms with Crippen LogP contribution in [0, 0.1) is 11.2 Å². The summed E-state index contributed by atoms with van der Waals surface area (Å²) in [6.07, 6.45) is 5.83. The third-order valence-corrected chi connectivity index (χ3v) is 3.59. The van der Waals surface area contributed by atoms with E-state index in [-0.39, 0.29) is 17.0 Å². The number of hydrogen-bond donors (Lipinski definition) is 0. The fourth-order valence-corrected chi connectivity index (χ4v) is 2.73. The minimum Gasteiger partial charge on any atom is -0.317 e. The van der Waals surface area contributed by atoms with Gasteiger partial charge in [0.25, 0.3) is 0 Å². The molecule has 2 aromatic rings. The van der Waals surface area contributed by atoms with Crippen molar-refractivity contribution in [2.75, 3.05) is 0 Å². The Balaban J connectivity index is 2.17. The molecule has 2 heterocycles. The lowest BCUT2D eigenvalue weighted by molar-refractivity contribution is 0.0911. The Labute approximate surface area is 111 Å². The number of ketones is 1. The van der Waals surface area contributed by atoms with E-state index in [2.05, 4.69) is 18.8 Å². The van der Waals surface area contributed by atoms with Crippen molar-refractivity contribution in [3.8, 4) is 5.69 Å². The molecule has 0 aromatic carbocycles. The molecular weight excluding hydrogens is 243 g/mol. The van der Waals surface area contributed by atoms with E-state index in [4.69, 9.17) is 0 Å². The topological polar surface area (TPSA) is 34.9 Å². The van der Waals surface area contributed by atoms with E-state index in [1.54, 1.807) is 29.1 Å². The van der Waals surface area contributed by atoms with Crippen molar-refractivity contribution >= 4 is 5.78 Å². The molecule has 0 spiro atoms. The van der Waals surface area contributed by atoms with Gasteiger partial charge in [-0.15, -0.1) is 0 Å². The third kappa shape index (κ3) is 1.97. The number of carbonyl (C=O) groups excluding carboxylic acids is 1. The lowest BCUT2D eigenvalue weighted by Crippen LogP contribution is -2.27. The third-order valence-electron chi connectivity index (χ3n) is 3.59. The van der Waals surface area contributed by atoms with E-state index < -0.39 is 0 Å². The van der Waals surface area contributed by atoms with E-state index in [0.29, 0.717) is 12.1 Å². The predicted octanol–water partition coefficient (Wildman–Crippen LogP) is 3.17. The highest BCUT2D eigenvalue weighted by Crippen LogP contribution is 2.36. The van der Waals surface area contributed by atoms with Crippen LogP contribution in [0.3, 0.4) is 0 Å². The minimum atomic E-state index is -0.378. The van der Waals surface area contributed by atoms with Crippen molar-refractivity contribution in [3.63, 3.8) is 0 Å². The fraction of sp³-hybridized carbons (Fsp3) is 0.333. The zero-order chi connectivity index (χ0) is 13.6. The predicted molar refractivity (Wildman–Crippen MR) is 70.0 cm³/mol. The summed E-state index contributed by atoms with van der Waals surface area (Å²) in [5.74, 6) is -0.240. The van der Waals surface area contributed by atoms with Crippen LogP contribution in [0.5, 0.6) is 0 Å². The summed E-state index contributed by atoms with van der Waals surface area (Å²) < 4.78 is 15.6. The smallest absolute Gasteiger partial charge is 0.165 e. The number of Topliss-reactive ketones (excluding diaryl/α,β-unsaturated/α-hetero) is 1. The van der Waals surface area contributed by atoms with E-state index in [1.165, 1.54) is 6.20 Å². The van der Waals surface area contributed by atoms with Gasteiger partial charge in [0.2, 0.25) is 0 Å². The lowest BCUT2D eigenvalue weighted by Gasteiger charge is -2.29. The molecule has 0 N–H and O–H groups in total. The van der Waals surface area contributed by atoms with Crippen molar-refractivity contribution in [2.24, 2.45) is 5.41 Å². The maximum absolute atomic E-state index is 13.8. The Morgan fingerprint density at radius 2 is 2.11 bits per heavy atom. The van der Waals surface area contributed by atoms with Gasteiger partial charge in [0.15, 0.2) is 11.6 Å². The first-order valence-corrected chi connectivity index (χ1v) is 6.31. The number of aromatic nitrogens is 2. The van der Waals surface area contributed by atoms with E-state index in [0.717, 1.165) is 17.7 Å². The second-order valence-corrected chi connectivity index (χ2v) is 5.81. The van der Waals surface area contributed by atoms with Crippen LogP contribution in [0.25, 0.3) is 5.69 Å². The molecule has 2 aromatic heterocycles. The molecule has 0 aliphatic heterocycles. The number of halogens is 1. The summed E-state index contributed by atoms with van der Waals surface area (Å²) in [7, 11) is 0. The molecule has 4 heteroatoms. The molecule has 0 atom stereocenters. The Morgan fingerprint density at radius 1 is 1.32 bits per heavy atom. The van der Waals surface area contributed by atoms with Gasteiger partial charge in [0.1, 0.15) is 0 Å².